The highest BCUT2D eigenvalue weighted by atomic mass is 32.2. The van der Waals surface area contributed by atoms with Crippen molar-refractivity contribution in [2.45, 2.75) is 12.5 Å². The molecular weight excluding hydrogens is 307 g/mol. The summed E-state index contributed by atoms with van der Waals surface area (Å²) < 4.78 is 38.5. The van der Waals surface area contributed by atoms with E-state index in [1.165, 1.54) is 12.1 Å². The smallest absolute Gasteiger partial charge is 0.251 e. The van der Waals surface area contributed by atoms with Crippen LogP contribution < -0.4 is 5.32 Å². The Morgan fingerprint density at radius 3 is 2.59 bits per heavy atom. The number of carbonyl (C=O) groups is 1. The average Bonchev–Trinajstić information content (AvgIpc) is 3.08. The minimum atomic E-state index is -3.06. The summed E-state index contributed by atoms with van der Waals surface area (Å²) in [5, 5.41) is 2.64. The third-order valence-corrected chi connectivity index (χ3v) is 5.43. The Hall–Kier alpha value is -2.15. The molecule has 3 rings (SSSR count). The lowest BCUT2D eigenvalue weighted by Gasteiger charge is -2.12. The van der Waals surface area contributed by atoms with Crippen molar-refractivity contribution in [3.63, 3.8) is 0 Å². The average molecular weight is 322 g/mol. The number of rotatable bonds is 3. The molecule has 0 bridgehead atoms. The molecule has 116 valence electrons. The minimum absolute atomic E-state index is 0.0529. The Balaban J connectivity index is 1.75. The fourth-order valence-corrected chi connectivity index (χ4v) is 4.20. The maximum absolute atomic E-state index is 14.1. The van der Waals surface area contributed by atoms with E-state index in [0.717, 1.165) is 6.07 Å². The number of nitrogens with zero attached hydrogens (tertiary/aromatic N) is 1. The van der Waals surface area contributed by atoms with E-state index < -0.39 is 27.6 Å². The molecule has 5 nitrogen and oxygen atoms in total. The first-order valence-electron chi connectivity index (χ1n) is 6.89. The van der Waals surface area contributed by atoms with Gasteiger partial charge in [0.2, 0.25) is 0 Å². The number of benzene rings is 1. The highest BCUT2D eigenvalue weighted by molar-refractivity contribution is 7.91. The van der Waals surface area contributed by atoms with Crippen LogP contribution in [0.15, 0.2) is 42.7 Å². The van der Waals surface area contributed by atoms with Crippen molar-refractivity contribution in [3.8, 4) is 5.69 Å². The summed E-state index contributed by atoms with van der Waals surface area (Å²) in [6, 6.07) is 7.37. The topological polar surface area (TPSA) is 68.2 Å². The highest BCUT2D eigenvalue weighted by Gasteiger charge is 2.29. The molecule has 1 unspecified atom stereocenters. The van der Waals surface area contributed by atoms with Crippen LogP contribution in [0, 0.1) is 5.82 Å². The first-order valence-corrected chi connectivity index (χ1v) is 8.71. The predicted molar refractivity (Wildman–Crippen MR) is 80.3 cm³/mol. The molecule has 2 heterocycles. The first-order chi connectivity index (χ1) is 10.4. The molecule has 0 spiro atoms. The summed E-state index contributed by atoms with van der Waals surface area (Å²) in [5.74, 6) is -0.940. The molecule has 7 heteroatoms. The Morgan fingerprint density at radius 1 is 1.27 bits per heavy atom. The minimum Gasteiger partial charge on any atom is -0.348 e. The molecule has 1 fully saturated rings. The lowest BCUT2D eigenvalue weighted by Crippen LogP contribution is -2.35. The molecule has 1 aromatic carbocycles. The van der Waals surface area contributed by atoms with Crippen LogP contribution in [0.25, 0.3) is 5.69 Å². The largest absolute Gasteiger partial charge is 0.348 e. The second kappa shape index (κ2) is 5.57. The summed E-state index contributed by atoms with van der Waals surface area (Å²) in [4.78, 5) is 12.1. The molecule has 1 amide bonds. The second-order valence-corrected chi connectivity index (χ2v) is 7.56. The van der Waals surface area contributed by atoms with Crippen LogP contribution in [0.1, 0.15) is 16.8 Å². The highest BCUT2D eigenvalue weighted by Crippen LogP contribution is 2.17. The van der Waals surface area contributed by atoms with Crippen molar-refractivity contribution in [1.29, 1.82) is 0 Å². The number of halogens is 1. The van der Waals surface area contributed by atoms with Gasteiger partial charge in [-0.3, -0.25) is 4.79 Å². The van der Waals surface area contributed by atoms with Crippen LogP contribution in [0.3, 0.4) is 0 Å². The van der Waals surface area contributed by atoms with Crippen molar-refractivity contribution < 1.29 is 17.6 Å². The Bertz CT molecular complexity index is 800. The summed E-state index contributed by atoms with van der Waals surface area (Å²) in [7, 11) is -3.06. The van der Waals surface area contributed by atoms with E-state index in [0.29, 0.717) is 12.1 Å². The van der Waals surface area contributed by atoms with E-state index in [1.807, 2.05) is 0 Å². The van der Waals surface area contributed by atoms with Gasteiger partial charge in [-0.15, -0.1) is 0 Å². The van der Waals surface area contributed by atoms with Crippen molar-refractivity contribution in [3.05, 3.63) is 54.1 Å². The van der Waals surface area contributed by atoms with E-state index in [2.05, 4.69) is 5.32 Å². The Morgan fingerprint density at radius 2 is 2.00 bits per heavy atom. The van der Waals surface area contributed by atoms with E-state index in [9.17, 15) is 17.6 Å². The van der Waals surface area contributed by atoms with Gasteiger partial charge in [0.15, 0.2) is 9.84 Å². The zero-order chi connectivity index (χ0) is 15.7. The van der Waals surface area contributed by atoms with Crippen molar-refractivity contribution in [1.82, 2.24) is 9.88 Å². The van der Waals surface area contributed by atoms with Gasteiger partial charge in [-0.1, -0.05) is 0 Å². The number of amides is 1. The second-order valence-electron chi connectivity index (χ2n) is 5.33. The third kappa shape index (κ3) is 3.04. The summed E-state index contributed by atoms with van der Waals surface area (Å²) in [6.45, 7) is 0. The molecule has 1 atom stereocenters. The third-order valence-electron chi connectivity index (χ3n) is 3.66. The normalized spacial score (nSPS) is 20.0. The summed E-state index contributed by atoms with van der Waals surface area (Å²) >= 11 is 0. The zero-order valence-electron chi connectivity index (χ0n) is 11.7. The fraction of sp³-hybridized carbons (Fsp3) is 0.267. The molecule has 22 heavy (non-hydrogen) atoms. The molecule has 2 aromatic rings. The number of hydrogen-bond acceptors (Lipinski definition) is 3. The molecule has 1 N–H and O–H groups in total. The number of hydrogen-bond donors (Lipinski definition) is 1. The molecule has 1 aromatic heterocycles. The maximum atomic E-state index is 14.1. The van der Waals surface area contributed by atoms with E-state index in [-0.39, 0.29) is 17.1 Å². The van der Waals surface area contributed by atoms with Crippen LogP contribution in [0.2, 0.25) is 0 Å². The lowest BCUT2D eigenvalue weighted by molar-refractivity contribution is 0.0940. The van der Waals surface area contributed by atoms with Crippen LogP contribution in [-0.4, -0.2) is 36.4 Å². The number of sulfone groups is 1. The molecule has 1 aliphatic heterocycles. The standard InChI is InChI=1S/C15H15FN2O3S/c16-13-9-11(3-4-14(13)18-6-1-2-7-18)15(19)17-12-5-8-22(20,21)10-12/h1-4,6-7,9,12H,5,8,10H2,(H,17,19). The molecular formula is C15H15FN2O3S. The van der Waals surface area contributed by atoms with Crippen LogP contribution in [0.4, 0.5) is 4.39 Å². The lowest BCUT2D eigenvalue weighted by atomic mass is 10.1. The van der Waals surface area contributed by atoms with E-state index in [4.69, 9.17) is 0 Å². The molecule has 1 aliphatic rings. The van der Waals surface area contributed by atoms with Gasteiger partial charge in [0.25, 0.3) is 5.91 Å². The zero-order valence-corrected chi connectivity index (χ0v) is 12.5. The van der Waals surface area contributed by atoms with Crippen LogP contribution >= 0.6 is 0 Å². The maximum Gasteiger partial charge on any atom is 0.251 e. The van der Waals surface area contributed by atoms with Gasteiger partial charge in [-0.25, -0.2) is 12.8 Å². The molecule has 0 saturated carbocycles. The van der Waals surface area contributed by atoms with Gasteiger partial charge in [-0.2, -0.15) is 0 Å². The van der Waals surface area contributed by atoms with Gasteiger partial charge in [-0.05, 0) is 36.8 Å². The Kier molecular flexibility index (Phi) is 3.74. The van der Waals surface area contributed by atoms with Gasteiger partial charge in [0.05, 0.1) is 17.2 Å². The van der Waals surface area contributed by atoms with Crippen molar-refractivity contribution in [2.75, 3.05) is 11.5 Å². The van der Waals surface area contributed by atoms with Crippen LogP contribution in [-0.2, 0) is 9.84 Å². The van der Waals surface area contributed by atoms with Gasteiger partial charge in [0, 0.05) is 24.0 Å². The summed E-state index contributed by atoms with van der Waals surface area (Å²) in [5.41, 5.74) is 0.530. The number of carbonyl (C=O) groups excluding carboxylic acids is 1. The Labute approximate surface area is 127 Å². The summed E-state index contributed by atoms with van der Waals surface area (Å²) in [6.07, 6.45) is 3.82. The van der Waals surface area contributed by atoms with Crippen LogP contribution in [0.5, 0.6) is 0 Å². The van der Waals surface area contributed by atoms with Gasteiger partial charge >= 0.3 is 0 Å². The van der Waals surface area contributed by atoms with Gasteiger partial charge in [0.1, 0.15) is 5.82 Å². The van der Waals surface area contributed by atoms with E-state index >= 15 is 0 Å². The SMILES string of the molecule is O=C(NC1CCS(=O)(=O)C1)c1ccc(-n2cccc2)c(F)c1. The first kappa shape index (κ1) is 14.8. The van der Waals surface area contributed by atoms with Crippen molar-refractivity contribution in [2.24, 2.45) is 0 Å². The predicted octanol–water partition coefficient (Wildman–Crippen LogP) is 1.53. The van der Waals surface area contributed by atoms with Gasteiger partial charge < -0.3 is 9.88 Å². The number of aromatic nitrogens is 1. The monoisotopic (exact) mass is 322 g/mol. The molecule has 1 saturated heterocycles. The molecule has 0 radical (unpaired) electrons. The fourth-order valence-electron chi connectivity index (χ4n) is 2.53. The van der Waals surface area contributed by atoms with Crippen molar-refractivity contribution >= 4 is 15.7 Å². The molecule has 0 aliphatic carbocycles. The quantitative estimate of drug-likeness (QED) is 0.932. The van der Waals surface area contributed by atoms with E-state index in [1.54, 1.807) is 29.1 Å². The number of nitrogens with one attached hydrogen (secondary N) is 1.